The number of pyridine rings is 1. The standard InChI is InChI=1S/C10H13BrN2O3S/c11-9-3-10(5-12-4-9)17(15,16)13-2-1-8(6-13)7-14/h3-5,8,14H,1-2,6-7H2. The van der Waals surface area contributed by atoms with Crippen LogP contribution in [0.4, 0.5) is 0 Å². The van der Waals surface area contributed by atoms with Crippen LogP contribution in [0, 0.1) is 5.92 Å². The van der Waals surface area contributed by atoms with Crippen LogP contribution >= 0.6 is 15.9 Å². The lowest BCUT2D eigenvalue weighted by atomic mass is 10.1. The van der Waals surface area contributed by atoms with Gasteiger partial charge in [-0.25, -0.2) is 8.42 Å². The fourth-order valence-corrected chi connectivity index (χ4v) is 3.88. The maximum atomic E-state index is 12.2. The molecule has 2 heterocycles. The molecular formula is C10H13BrN2O3S. The summed E-state index contributed by atoms with van der Waals surface area (Å²) >= 11 is 3.20. The van der Waals surface area contributed by atoms with Gasteiger partial charge < -0.3 is 5.11 Å². The molecule has 1 fully saturated rings. The summed E-state index contributed by atoms with van der Waals surface area (Å²) < 4.78 is 26.5. The summed E-state index contributed by atoms with van der Waals surface area (Å²) in [5.41, 5.74) is 0. The van der Waals surface area contributed by atoms with E-state index in [1.54, 1.807) is 6.20 Å². The van der Waals surface area contributed by atoms with Crippen molar-refractivity contribution in [3.05, 3.63) is 22.9 Å². The predicted molar refractivity (Wildman–Crippen MR) is 65.9 cm³/mol. The molecular weight excluding hydrogens is 308 g/mol. The lowest BCUT2D eigenvalue weighted by Crippen LogP contribution is -2.29. The highest BCUT2D eigenvalue weighted by Gasteiger charge is 2.32. The van der Waals surface area contributed by atoms with Gasteiger partial charge >= 0.3 is 0 Å². The second kappa shape index (κ2) is 5.01. The third kappa shape index (κ3) is 2.67. The first-order valence-corrected chi connectivity index (χ1v) is 7.49. The normalized spacial score (nSPS) is 21.9. The Hall–Kier alpha value is -0.500. The van der Waals surface area contributed by atoms with E-state index < -0.39 is 10.0 Å². The van der Waals surface area contributed by atoms with Crippen molar-refractivity contribution < 1.29 is 13.5 Å². The molecule has 1 aliphatic heterocycles. The van der Waals surface area contributed by atoms with Crippen LogP contribution in [-0.4, -0.2) is 42.5 Å². The average molecular weight is 321 g/mol. The number of aliphatic hydroxyl groups excluding tert-OH is 1. The van der Waals surface area contributed by atoms with E-state index in [1.165, 1.54) is 16.6 Å². The first-order valence-electron chi connectivity index (χ1n) is 5.25. The van der Waals surface area contributed by atoms with E-state index in [2.05, 4.69) is 20.9 Å². The van der Waals surface area contributed by atoms with Gasteiger partial charge in [-0.2, -0.15) is 4.31 Å². The first kappa shape index (κ1) is 12.9. The highest BCUT2D eigenvalue weighted by molar-refractivity contribution is 9.10. The van der Waals surface area contributed by atoms with Crippen LogP contribution in [0.3, 0.4) is 0 Å². The van der Waals surface area contributed by atoms with Crippen molar-refractivity contribution in [1.29, 1.82) is 0 Å². The molecule has 0 aromatic carbocycles. The van der Waals surface area contributed by atoms with E-state index in [1.807, 2.05) is 0 Å². The number of rotatable bonds is 3. The zero-order valence-corrected chi connectivity index (χ0v) is 11.5. The molecule has 2 rings (SSSR count). The number of aliphatic hydroxyl groups is 1. The molecule has 1 atom stereocenters. The summed E-state index contributed by atoms with van der Waals surface area (Å²) in [6.07, 6.45) is 3.59. The number of nitrogens with zero attached hydrogens (tertiary/aromatic N) is 2. The zero-order valence-electron chi connectivity index (χ0n) is 9.08. The Kier molecular flexibility index (Phi) is 3.82. The Morgan fingerprint density at radius 2 is 2.29 bits per heavy atom. The molecule has 1 unspecified atom stereocenters. The second-order valence-electron chi connectivity index (χ2n) is 4.04. The highest BCUT2D eigenvalue weighted by Crippen LogP contribution is 2.24. The van der Waals surface area contributed by atoms with Crippen molar-refractivity contribution >= 4 is 26.0 Å². The maximum Gasteiger partial charge on any atom is 0.244 e. The van der Waals surface area contributed by atoms with Crippen molar-refractivity contribution in [3.8, 4) is 0 Å². The molecule has 1 aromatic heterocycles. The maximum absolute atomic E-state index is 12.2. The second-order valence-corrected chi connectivity index (χ2v) is 6.89. The van der Waals surface area contributed by atoms with Crippen LogP contribution in [-0.2, 0) is 10.0 Å². The smallest absolute Gasteiger partial charge is 0.244 e. The van der Waals surface area contributed by atoms with Gasteiger partial charge in [-0.05, 0) is 34.3 Å². The Morgan fingerprint density at radius 3 is 2.88 bits per heavy atom. The largest absolute Gasteiger partial charge is 0.396 e. The summed E-state index contributed by atoms with van der Waals surface area (Å²) in [4.78, 5) is 4.04. The van der Waals surface area contributed by atoms with E-state index in [-0.39, 0.29) is 17.4 Å². The Labute approximate surface area is 109 Å². The van der Waals surface area contributed by atoms with E-state index in [4.69, 9.17) is 5.11 Å². The molecule has 5 nitrogen and oxygen atoms in total. The van der Waals surface area contributed by atoms with E-state index in [9.17, 15) is 8.42 Å². The zero-order chi connectivity index (χ0) is 12.5. The molecule has 0 spiro atoms. The fourth-order valence-electron chi connectivity index (χ4n) is 1.85. The van der Waals surface area contributed by atoms with Gasteiger partial charge in [-0.1, -0.05) is 0 Å². The fraction of sp³-hybridized carbons (Fsp3) is 0.500. The quantitative estimate of drug-likeness (QED) is 0.896. The molecule has 1 N–H and O–H groups in total. The summed E-state index contributed by atoms with van der Waals surface area (Å²) in [6.45, 7) is 0.869. The van der Waals surface area contributed by atoms with Gasteiger partial charge in [0.05, 0.1) is 0 Å². The summed E-state index contributed by atoms with van der Waals surface area (Å²) in [7, 11) is -3.47. The predicted octanol–water partition coefficient (Wildman–Crippen LogP) is 0.847. The van der Waals surface area contributed by atoms with Gasteiger partial charge in [0.1, 0.15) is 4.90 Å². The van der Waals surface area contributed by atoms with Gasteiger partial charge in [0.2, 0.25) is 10.0 Å². The molecule has 0 bridgehead atoms. The Bertz CT molecular complexity index is 506. The summed E-state index contributed by atoms with van der Waals surface area (Å²) in [5, 5.41) is 9.02. The molecule has 1 aromatic rings. The minimum Gasteiger partial charge on any atom is -0.396 e. The van der Waals surface area contributed by atoms with E-state index in [0.717, 1.165) is 0 Å². The minimum atomic E-state index is -3.47. The van der Waals surface area contributed by atoms with Gasteiger partial charge in [0.25, 0.3) is 0 Å². The van der Waals surface area contributed by atoms with Crippen LogP contribution in [0.2, 0.25) is 0 Å². The molecule has 1 aliphatic rings. The molecule has 17 heavy (non-hydrogen) atoms. The molecule has 0 radical (unpaired) electrons. The number of sulfonamides is 1. The van der Waals surface area contributed by atoms with Crippen LogP contribution < -0.4 is 0 Å². The van der Waals surface area contributed by atoms with Crippen LogP contribution in [0.15, 0.2) is 27.8 Å². The third-order valence-corrected chi connectivity index (χ3v) is 5.09. The number of halogens is 1. The van der Waals surface area contributed by atoms with Crippen molar-refractivity contribution in [1.82, 2.24) is 9.29 Å². The van der Waals surface area contributed by atoms with Gasteiger partial charge in [0, 0.05) is 36.6 Å². The van der Waals surface area contributed by atoms with Gasteiger partial charge in [0.15, 0.2) is 0 Å². The lowest BCUT2D eigenvalue weighted by Gasteiger charge is -2.16. The van der Waals surface area contributed by atoms with Crippen molar-refractivity contribution in [2.24, 2.45) is 5.92 Å². The molecule has 0 amide bonds. The number of hydrogen-bond donors (Lipinski definition) is 1. The number of aromatic nitrogens is 1. The number of hydrogen-bond acceptors (Lipinski definition) is 4. The molecule has 0 aliphatic carbocycles. The third-order valence-electron chi connectivity index (χ3n) is 2.82. The first-order chi connectivity index (χ1) is 8.04. The van der Waals surface area contributed by atoms with Crippen molar-refractivity contribution in [2.75, 3.05) is 19.7 Å². The van der Waals surface area contributed by atoms with Gasteiger partial charge in [-0.3, -0.25) is 4.98 Å². The Balaban J connectivity index is 2.25. The average Bonchev–Trinajstić information content (AvgIpc) is 2.78. The lowest BCUT2D eigenvalue weighted by molar-refractivity contribution is 0.233. The molecule has 94 valence electrons. The van der Waals surface area contributed by atoms with Crippen molar-refractivity contribution in [2.45, 2.75) is 11.3 Å². The molecule has 0 saturated carbocycles. The van der Waals surface area contributed by atoms with E-state index in [0.29, 0.717) is 24.0 Å². The summed E-state index contributed by atoms with van der Waals surface area (Å²) in [5.74, 6) is 0.0462. The summed E-state index contributed by atoms with van der Waals surface area (Å²) in [6, 6.07) is 1.54. The minimum absolute atomic E-state index is 0.0305. The van der Waals surface area contributed by atoms with Crippen LogP contribution in [0.1, 0.15) is 6.42 Å². The highest BCUT2D eigenvalue weighted by atomic mass is 79.9. The van der Waals surface area contributed by atoms with Gasteiger partial charge in [-0.15, -0.1) is 0 Å². The topological polar surface area (TPSA) is 70.5 Å². The van der Waals surface area contributed by atoms with Crippen LogP contribution in [0.5, 0.6) is 0 Å². The monoisotopic (exact) mass is 320 g/mol. The Morgan fingerprint density at radius 1 is 1.53 bits per heavy atom. The molecule has 1 saturated heterocycles. The van der Waals surface area contributed by atoms with Crippen LogP contribution in [0.25, 0.3) is 0 Å². The SMILES string of the molecule is O=S(=O)(c1cncc(Br)c1)N1CCC(CO)C1. The van der Waals surface area contributed by atoms with Crippen molar-refractivity contribution in [3.63, 3.8) is 0 Å². The van der Waals surface area contributed by atoms with E-state index >= 15 is 0 Å². The molecule has 7 heteroatoms.